The van der Waals surface area contributed by atoms with Crippen molar-refractivity contribution in [3.05, 3.63) is 69.0 Å². The van der Waals surface area contributed by atoms with E-state index in [4.69, 9.17) is 11.6 Å². The number of carbonyl (C=O) groups excluding carboxylic acids is 1. The van der Waals surface area contributed by atoms with Gasteiger partial charge in [-0.2, -0.15) is 0 Å². The molecule has 2 aromatic rings. The van der Waals surface area contributed by atoms with E-state index in [1.807, 2.05) is 18.2 Å². The Morgan fingerprint density at radius 3 is 2.62 bits per heavy atom. The minimum absolute atomic E-state index is 0.0332. The molecule has 1 fully saturated rings. The number of nitro groups is 1. The molecule has 1 saturated heterocycles. The van der Waals surface area contributed by atoms with E-state index in [2.05, 4.69) is 9.88 Å². The van der Waals surface area contributed by atoms with E-state index in [-0.39, 0.29) is 16.6 Å². The monoisotopic (exact) mass is 374 g/mol. The van der Waals surface area contributed by atoms with Crippen molar-refractivity contribution >= 4 is 23.2 Å². The minimum Gasteiger partial charge on any atom is -0.336 e. The average molecular weight is 375 g/mol. The second-order valence-corrected chi connectivity index (χ2v) is 6.54. The third-order valence-corrected chi connectivity index (χ3v) is 4.78. The van der Waals surface area contributed by atoms with E-state index in [1.165, 1.54) is 18.2 Å². The van der Waals surface area contributed by atoms with Crippen molar-refractivity contribution in [2.24, 2.45) is 0 Å². The molecule has 1 aromatic carbocycles. The van der Waals surface area contributed by atoms with Crippen molar-refractivity contribution in [2.45, 2.75) is 6.42 Å². The molecule has 0 saturated carbocycles. The lowest BCUT2D eigenvalue weighted by Gasteiger charge is -2.34. The molecular weight excluding hydrogens is 356 g/mol. The first-order valence-electron chi connectivity index (χ1n) is 8.40. The third-order valence-electron chi connectivity index (χ3n) is 4.46. The molecule has 1 aliphatic rings. The van der Waals surface area contributed by atoms with Crippen molar-refractivity contribution in [2.75, 3.05) is 32.7 Å². The summed E-state index contributed by atoms with van der Waals surface area (Å²) in [5, 5.41) is 11.0. The van der Waals surface area contributed by atoms with Gasteiger partial charge in [0.15, 0.2) is 0 Å². The molecule has 0 bridgehead atoms. The van der Waals surface area contributed by atoms with Gasteiger partial charge in [0.2, 0.25) is 0 Å². The lowest BCUT2D eigenvalue weighted by molar-refractivity contribution is -0.384. The Hall–Kier alpha value is -2.51. The van der Waals surface area contributed by atoms with Gasteiger partial charge in [-0.15, -0.1) is 0 Å². The molecular formula is C18H19ClN4O3. The Labute approximate surface area is 156 Å². The van der Waals surface area contributed by atoms with E-state index in [9.17, 15) is 14.9 Å². The molecule has 0 unspecified atom stereocenters. The van der Waals surface area contributed by atoms with Gasteiger partial charge in [-0.3, -0.25) is 24.8 Å². The van der Waals surface area contributed by atoms with Gasteiger partial charge in [-0.25, -0.2) is 0 Å². The first-order chi connectivity index (χ1) is 12.5. The largest absolute Gasteiger partial charge is 0.336 e. The number of hydrogen-bond donors (Lipinski definition) is 0. The predicted molar refractivity (Wildman–Crippen MR) is 98.4 cm³/mol. The van der Waals surface area contributed by atoms with E-state index in [0.29, 0.717) is 18.7 Å². The molecule has 0 spiro atoms. The summed E-state index contributed by atoms with van der Waals surface area (Å²) >= 11 is 5.81. The Kier molecular flexibility index (Phi) is 5.80. The topological polar surface area (TPSA) is 79.6 Å². The van der Waals surface area contributed by atoms with Gasteiger partial charge in [-0.05, 0) is 24.3 Å². The van der Waals surface area contributed by atoms with Crippen LogP contribution in [0.1, 0.15) is 16.1 Å². The van der Waals surface area contributed by atoms with E-state index in [1.54, 1.807) is 11.1 Å². The molecule has 0 atom stereocenters. The summed E-state index contributed by atoms with van der Waals surface area (Å²) in [5.74, 6) is -0.200. The molecule has 3 rings (SSSR count). The number of rotatable bonds is 5. The van der Waals surface area contributed by atoms with Crippen LogP contribution in [0.2, 0.25) is 5.02 Å². The Morgan fingerprint density at radius 2 is 1.96 bits per heavy atom. The number of piperazine rings is 1. The van der Waals surface area contributed by atoms with Gasteiger partial charge in [-0.1, -0.05) is 17.7 Å². The molecule has 26 heavy (non-hydrogen) atoms. The Balaban J connectivity index is 1.55. The summed E-state index contributed by atoms with van der Waals surface area (Å²) < 4.78 is 0. The zero-order valence-corrected chi connectivity index (χ0v) is 14.9. The molecule has 1 aliphatic heterocycles. The molecule has 7 nitrogen and oxygen atoms in total. The van der Waals surface area contributed by atoms with Crippen LogP contribution >= 0.6 is 11.6 Å². The van der Waals surface area contributed by atoms with Gasteiger partial charge in [0.05, 0.1) is 4.92 Å². The van der Waals surface area contributed by atoms with Crippen molar-refractivity contribution in [3.8, 4) is 0 Å². The van der Waals surface area contributed by atoms with Gasteiger partial charge < -0.3 is 4.90 Å². The van der Waals surface area contributed by atoms with Crippen LogP contribution in [-0.2, 0) is 6.42 Å². The zero-order chi connectivity index (χ0) is 18.5. The van der Waals surface area contributed by atoms with E-state index in [0.717, 1.165) is 31.7 Å². The van der Waals surface area contributed by atoms with Crippen LogP contribution < -0.4 is 0 Å². The quantitative estimate of drug-likeness (QED) is 0.593. The van der Waals surface area contributed by atoms with Gasteiger partial charge in [0, 0.05) is 62.7 Å². The molecule has 0 radical (unpaired) electrons. The van der Waals surface area contributed by atoms with Crippen molar-refractivity contribution in [1.29, 1.82) is 0 Å². The SMILES string of the molecule is O=C(c1ccc(Cl)c([N+](=O)[O-])c1)N1CCN(CCc2ccccn2)CC1. The van der Waals surface area contributed by atoms with Crippen LogP contribution in [0.15, 0.2) is 42.6 Å². The first-order valence-corrected chi connectivity index (χ1v) is 8.78. The lowest BCUT2D eigenvalue weighted by Crippen LogP contribution is -2.49. The molecule has 0 N–H and O–H groups in total. The maximum atomic E-state index is 12.6. The predicted octanol–water partition coefficient (Wildman–Crippen LogP) is 2.64. The number of hydrogen-bond acceptors (Lipinski definition) is 5. The average Bonchev–Trinajstić information content (AvgIpc) is 2.67. The highest BCUT2D eigenvalue weighted by Gasteiger charge is 2.24. The van der Waals surface area contributed by atoms with E-state index >= 15 is 0 Å². The summed E-state index contributed by atoms with van der Waals surface area (Å²) in [6.45, 7) is 3.63. The maximum absolute atomic E-state index is 12.6. The standard InChI is InChI=1S/C18H19ClN4O3/c19-16-5-4-14(13-17(16)23(25)26)18(24)22-11-9-21(10-12-22)8-6-15-3-1-2-7-20-15/h1-5,7,13H,6,8-12H2. The highest BCUT2D eigenvalue weighted by molar-refractivity contribution is 6.32. The van der Waals surface area contributed by atoms with Crippen LogP contribution in [0.4, 0.5) is 5.69 Å². The summed E-state index contributed by atoms with van der Waals surface area (Å²) in [7, 11) is 0. The summed E-state index contributed by atoms with van der Waals surface area (Å²) in [5.41, 5.74) is 1.11. The number of nitro benzene ring substituents is 1. The number of carbonyl (C=O) groups is 1. The van der Waals surface area contributed by atoms with Crippen LogP contribution in [0.5, 0.6) is 0 Å². The van der Waals surface area contributed by atoms with Crippen molar-refractivity contribution < 1.29 is 9.72 Å². The summed E-state index contributed by atoms with van der Waals surface area (Å²) in [6.07, 6.45) is 2.66. The summed E-state index contributed by atoms with van der Waals surface area (Å²) in [4.78, 5) is 31.4. The second-order valence-electron chi connectivity index (χ2n) is 6.13. The lowest BCUT2D eigenvalue weighted by atomic mass is 10.1. The fraction of sp³-hybridized carbons (Fsp3) is 0.333. The van der Waals surface area contributed by atoms with Crippen LogP contribution in [0, 0.1) is 10.1 Å². The number of nitrogens with zero attached hydrogens (tertiary/aromatic N) is 4. The first kappa shape index (κ1) is 18.3. The van der Waals surface area contributed by atoms with Crippen LogP contribution in [-0.4, -0.2) is 58.3 Å². The number of benzene rings is 1. The minimum atomic E-state index is -0.575. The Bertz CT molecular complexity index is 792. The normalized spacial score (nSPS) is 15.0. The highest BCUT2D eigenvalue weighted by atomic mass is 35.5. The molecule has 1 amide bonds. The number of halogens is 1. The van der Waals surface area contributed by atoms with Crippen LogP contribution in [0.3, 0.4) is 0 Å². The van der Waals surface area contributed by atoms with Gasteiger partial charge >= 0.3 is 0 Å². The second kappa shape index (κ2) is 8.25. The fourth-order valence-corrected chi connectivity index (χ4v) is 3.15. The molecule has 136 valence electrons. The zero-order valence-electron chi connectivity index (χ0n) is 14.2. The number of amides is 1. The third kappa shape index (κ3) is 4.36. The van der Waals surface area contributed by atoms with Crippen molar-refractivity contribution in [1.82, 2.24) is 14.8 Å². The smallest absolute Gasteiger partial charge is 0.288 e. The molecule has 0 aliphatic carbocycles. The number of pyridine rings is 1. The highest BCUT2D eigenvalue weighted by Crippen LogP contribution is 2.25. The number of aromatic nitrogens is 1. The molecule has 8 heteroatoms. The van der Waals surface area contributed by atoms with Gasteiger partial charge in [0.25, 0.3) is 11.6 Å². The van der Waals surface area contributed by atoms with E-state index < -0.39 is 4.92 Å². The molecule has 1 aromatic heterocycles. The summed E-state index contributed by atoms with van der Waals surface area (Å²) in [6, 6.07) is 10.1. The van der Waals surface area contributed by atoms with Crippen molar-refractivity contribution in [3.63, 3.8) is 0 Å². The molecule has 2 heterocycles. The van der Waals surface area contributed by atoms with Gasteiger partial charge in [0.1, 0.15) is 5.02 Å². The van der Waals surface area contributed by atoms with Crippen LogP contribution in [0.25, 0.3) is 0 Å². The maximum Gasteiger partial charge on any atom is 0.288 e. The fourth-order valence-electron chi connectivity index (χ4n) is 2.96. The Morgan fingerprint density at radius 1 is 1.19 bits per heavy atom.